The molecule has 0 aliphatic carbocycles. The summed E-state index contributed by atoms with van der Waals surface area (Å²) in [5.74, 6) is -1.09. The van der Waals surface area contributed by atoms with E-state index in [-0.39, 0.29) is 6.04 Å². The summed E-state index contributed by atoms with van der Waals surface area (Å²) in [6.07, 6.45) is 2.02. The molecule has 0 aliphatic rings. The molecule has 1 unspecified atom stereocenters. The van der Waals surface area contributed by atoms with Crippen LogP contribution in [-0.4, -0.2) is 9.97 Å². The molecule has 1 aromatic carbocycles. The number of hydrogen-bond donors (Lipinski definition) is 1. The van der Waals surface area contributed by atoms with Crippen molar-refractivity contribution in [3.63, 3.8) is 0 Å². The molecule has 18 heavy (non-hydrogen) atoms. The zero-order valence-corrected chi connectivity index (χ0v) is 9.90. The zero-order chi connectivity index (χ0) is 13.1. The highest BCUT2D eigenvalue weighted by Gasteiger charge is 2.10. The van der Waals surface area contributed by atoms with Crippen LogP contribution in [0.3, 0.4) is 0 Å². The molecule has 0 spiro atoms. The first-order valence-corrected chi connectivity index (χ1v) is 5.55. The largest absolute Gasteiger partial charge is 0.322 e. The Morgan fingerprint density at radius 3 is 2.67 bits per heavy atom. The third-order valence-electron chi connectivity index (χ3n) is 2.62. The normalized spacial score (nSPS) is 12.4. The van der Waals surface area contributed by atoms with Crippen LogP contribution in [0.15, 0.2) is 30.5 Å². The Bertz CT molecular complexity index is 558. The molecule has 2 aromatic rings. The van der Waals surface area contributed by atoms with Gasteiger partial charge in [-0.05, 0) is 37.1 Å². The average molecular weight is 249 g/mol. The van der Waals surface area contributed by atoms with Crippen LogP contribution in [0.1, 0.15) is 23.1 Å². The van der Waals surface area contributed by atoms with Crippen LogP contribution in [-0.2, 0) is 6.42 Å². The Morgan fingerprint density at radius 1 is 1.22 bits per heavy atom. The lowest BCUT2D eigenvalue weighted by atomic mass is 10.0. The fourth-order valence-corrected chi connectivity index (χ4v) is 1.71. The molecule has 5 heteroatoms. The third kappa shape index (κ3) is 2.87. The second-order valence-corrected chi connectivity index (χ2v) is 4.09. The molecular weight excluding hydrogens is 236 g/mol. The van der Waals surface area contributed by atoms with E-state index in [4.69, 9.17) is 5.73 Å². The highest BCUT2D eigenvalue weighted by atomic mass is 19.2. The fraction of sp³-hybridized carbons (Fsp3) is 0.231. The van der Waals surface area contributed by atoms with E-state index in [9.17, 15) is 8.78 Å². The first-order chi connectivity index (χ1) is 8.56. The summed E-state index contributed by atoms with van der Waals surface area (Å²) in [5, 5.41) is 0. The second-order valence-electron chi connectivity index (χ2n) is 4.09. The van der Waals surface area contributed by atoms with Crippen molar-refractivity contribution < 1.29 is 8.78 Å². The summed E-state index contributed by atoms with van der Waals surface area (Å²) in [7, 11) is 0. The van der Waals surface area contributed by atoms with E-state index in [2.05, 4.69) is 9.97 Å². The van der Waals surface area contributed by atoms with Crippen molar-refractivity contribution in [1.29, 1.82) is 0 Å². The molecule has 0 saturated carbocycles. The van der Waals surface area contributed by atoms with Gasteiger partial charge in [-0.3, -0.25) is 0 Å². The number of benzene rings is 1. The molecular formula is C13H13F2N3. The molecule has 0 radical (unpaired) electrons. The van der Waals surface area contributed by atoms with Crippen LogP contribution < -0.4 is 5.73 Å². The van der Waals surface area contributed by atoms with Gasteiger partial charge in [0.15, 0.2) is 11.6 Å². The fourth-order valence-electron chi connectivity index (χ4n) is 1.71. The molecule has 1 atom stereocenters. The van der Waals surface area contributed by atoms with Gasteiger partial charge in [0.25, 0.3) is 0 Å². The van der Waals surface area contributed by atoms with Crippen molar-refractivity contribution in [2.24, 2.45) is 5.73 Å². The topological polar surface area (TPSA) is 51.8 Å². The van der Waals surface area contributed by atoms with Gasteiger partial charge in [0.1, 0.15) is 5.82 Å². The maximum Gasteiger partial charge on any atom is 0.159 e. The quantitative estimate of drug-likeness (QED) is 0.908. The van der Waals surface area contributed by atoms with Crippen LogP contribution in [0, 0.1) is 18.6 Å². The predicted molar refractivity (Wildman–Crippen MR) is 63.8 cm³/mol. The minimum Gasteiger partial charge on any atom is -0.322 e. The first-order valence-electron chi connectivity index (χ1n) is 5.55. The minimum atomic E-state index is -0.862. The number of nitrogens with two attached hydrogens (primary N) is 1. The van der Waals surface area contributed by atoms with Crippen molar-refractivity contribution >= 4 is 0 Å². The maximum atomic E-state index is 13.1. The van der Waals surface area contributed by atoms with Gasteiger partial charge in [-0.15, -0.1) is 0 Å². The van der Waals surface area contributed by atoms with Crippen LogP contribution in [0.4, 0.5) is 8.78 Å². The molecule has 0 aliphatic heterocycles. The second kappa shape index (κ2) is 5.18. The van der Waals surface area contributed by atoms with Gasteiger partial charge in [0.05, 0.1) is 11.7 Å². The zero-order valence-electron chi connectivity index (χ0n) is 9.90. The molecule has 2 rings (SSSR count). The van der Waals surface area contributed by atoms with E-state index in [1.54, 1.807) is 19.2 Å². The van der Waals surface area contributed by atoms with E-state index >= 15 is 0 Å². The molecule has 3 nitrogen and oxygen atoms in total. The molecule has 2 N–H and O–H groups in total. The average Bonchev–Trinajstić information content (AvgIpc) is 2.34. The highest BCUT2D eigenvalue weighted by molar-refractivity contribution is 5.20. The number of rotatable bonds is 3. The van der Waals surface area contributed by atoms with Crippen molar-refractivity contribution in [2.75, 3.05) is 0 Å². The van der Waals surface area contributed by atoms with Gasteiger partial charge < -0.3 is 5.73 Å². The molecule has 0 amide bonds. The molecule has 0 saturated heterocycles. The number of aryl methyl sites for hydroxylation is 1. The Hall–Kier alpha value is -1.88. The number of nitrogens with zero attached hydrogens (tertiary/aromatic N) is 2. The van der Waals surface area contributed by atoms with Gasteiger partial charge in [0.2, 0.25) is 0 Å². The van der Waals surface area contributed by atoms with E-state index < -0.39 is 11.6 Å². The molecule has 1 aromatic heterocycles. The van der Waals surface area contributed by atoms with Crippen LogP contribution in [0.25, 0.3) is 0 Å². The van der Waals surface area contributed by atoms with Gasteiger partial charge in [0, 0.05) is 6.20 Å². The van der Waals surface area contributed by atoms with E-state index in [1.807, 2.05) is 0 Å². The lowest BCUT2D eigenvalue weighted by Crippen LogP contribution is -2.15. The van der Waals surface area contributed by atoms with Crippen LogP contribution >= 0.6 is 0 Å². The van der Waals surface area contributed by atoms with Gasteiger partial charge >= 0.3 is 0 Å². The third-order valence-corrected chi connectivity index (χ3v) is 2.62. The summed E-state index contributed by atoms with van der Waals surface area (Å²) in [5.41, 5.74) is 7.30. The Kier molecular flexibility index (Phi) is 3.62. The molecule has 0 bridgehead atoms. The first kappa shape index (κ1) is 12.6. The lowest BCUT2D eigenvalue weighted by molar-refractivity contribution is 0.506. The molecule has 1 heterocycles. The standard InChI is InChI=1S/C13H13F2N3/c1-8-17-5-4-13(18-8)12(16)7-9-2-3-10(14)11(15)6-9/h2-6,12H,7,16H2,1H3. The summed E-state index contributed by atoms with van der Waals surface area (Å²) in [6, 6.07) is 5.13. The Morgan fingerprint density at radius 2 is 2.00 bits per heavy atom. The maximum absolute atomic E-state index is 13.1. The summed E-state index contributed by atoms with van der Waals surface area (Å²) in [6.45, 7) is 1.77. The summed E-state index contributed by atoms with van der Waals surface area (Å²) < 4.78 is 25.8. The Balaban J connectivity index is 2.16. The SMILES string of the molecule is Cc1nccc(C(N)Cc2ccc(F)c(F)c2)n1. The van der Waals surface area contributed by atoms with Gasteiger partial charge in [-0.25, -0.2) is 18.7 Å². The predicted octanol–water partition coefficient (Wildman–Crippen LogP) is 2.31. The smallest absolute Gasteiger partial charge is 0.159 e. The van der Waals surface area contributed by atoms with E-state index in [0.29, 0.717) is 23.5 Å². The number of halogens is 2. The van der Waals surface area contributed by atoms with Gasteiger partial charge in [-0.1, -0.05) is 6.07 Å². The van der Waals surface area contributed by atoms with Crippen LogP contribution in [0.5, 0.6) is 0 Å². The minimum absolute atomic E-state index is 0.364. The number of hydrogen-bond acceptors (Lipinski definition) is 3. The number of aromatic nitrogens is 2. The molecule has 94 valence electrons. The Labute approximate surface area is 104 Å². The summed E-state index contributed by atoms with van der Waals surface area (Å²) in [4.78, 5) is 8.18. The molecule has 0 fully saturated rings. The summed E-state index contributed by atoms with van der Waals surface area (Å²) >= 11 is 0. The van der Waals surface area contributed by atoms with E-state index in [1.165, 1.54) is 6.07 Å². The van der Waals surface area contributed by atoms with Crippen molar-refractivity contribution in [1.82, 2.24) is 9.97 Å². The van der Waals surface area contributed by atoms with Crippen molar-refractivity contribution in [3.05, 3.63) is 59.2 Å². The monoisotopic (exact) mass is 249 g/mol. The van der Waals surface area contributed by atoms with Crippen LogP contribution in [0.2, 0.25) is 0 Å². The highest BCUT2D eigenvalue weighted by Crippen LogP contribution is 2.16. The van der Waals surface area contributed by atoms with Crippen molar-refractivity contribution in [2.45, 2.75) is 19.4 Å². The lowest BCUT2D eigenvalue weighted by Gasteiger charge is -2.11. The van der Waals surface area contributed by atoms with Gasteiger partial charge in [-0.2, -0.15) is 0 Å². The van der Waals surface area contributed by atoms with Crippen molar-refractivity contribution in [3.8, 4) is 0 Å². The van der Waals surface area contributed by atoms with E-state index in [0.717, 1.165) is 12.1 Å².